The first-order valence-electron chi connectivity index (χ1n) is 5.92. The van der Waals surface area contributed by atoms with Gasteiger partial charge in [0.15, 0.2) is 0 Å². The number of aliphatic hydroxyl groups excluding tert-OH is 1. The number of rotatable bonds is 8. The molecule has 0 rings (SSSR count). The minimum absolute atomic E-state index is 0.00605. The maximum absolute atomic E-state index is 11.4. The number of carboxylic acid groups (broad SMARTS) is 1. The molecule has 0 aliphatic rings. The molecule has 0 spiro atoms. The normalized spacial score (nSPS) is 13.8. The number of hydrogen-bond acceptors (Lipinski definition) is 3. The van der Waals surface area contributed by atoms with E-state index in [1.807, 2.05) is 6.92 Å². The van der Waals surface area contributed by atoms with E-state index in [-0.39, 0.29) is 19.1 Å². The molecular weight excluding hydrogens is 224 g/mol. The zero-order chi connectivity index (χ0) is 13.3. The molecular formula is C11H22N2O4. The second-order valence-corrected chi connectivity index (χ2v) is 4.06. The van der Waals surface area contributed by atoms with Gasteiger partial charge in [0, 0.05) is 19.1 Å². The fraction of sp³-hybridized carbons (Fsp3) is 0.818. The van der Waals surface area contributed by atoms with Crippen molar-refractivity contribution in [2.24, 2.45) is 0 Å². The summed E-state index contributed by atoms with van der Waals surface area (Å²) in [6.45, 7) is 3.66. The Hall–Kier alpha value is -1.30. The molecule has 0 fully saturated rings. The van der Waals surface area contributed by atoms with Gasteiger partial charge >= 0.3 is 12.0 Å². The number of amides is 2. The molecule has 0 aromatic carbocycles. The van der Waals surface area contributed by atoms with Crippen molar-refractivity contribution >= 4 is 12.0 Å². The highest BCUT2D eigenvalue weighted by Crippen LogP contribution is 1.99. The number of urea groups is 1. The van der Waals surface area contributed by atoms with Crippen LogP contribution in [0.3, 0.4) is 0 Å². The highest BCUT2D eigenvalue weighted by atomic mass is 16.4. The van der Waals surface area contributed by atoms with Crippen molar-refractivity contribution in [3.63, 3.8) is 0 Å². The number of unbranched alkanes of at least 4 members (excludes halogenated alkanes) is 1. The van der Waals surface area contributed by atoms with Crippen LogP contribution in [-0.2, 0) is 4.79 Å². The van der Waals surface area contributed by atoms with Crippen molar-refractivity contribution in [2.75, 3.05) is 6.61 Å². The van der Waals surface area contributed by atoms with Crippen molar-refractivity contribution in [3.8, 4) is 0 Å². The van der Waals surface area contributed by atoms with E-state index in [4.69, 9.17) is 10.2 Å². The number of carboxylic acids is 1. The average molecular weight is 246 g/mol. The number of carbonyl (C=O) groups is 2. The molecule has 0 saturated carbocycles. The monoisotopic (exact) mass is 246 g/mol. The van der Waals surface area contributed by atoms with Crippen molar-refractivity contribution < 1.29 is 19.8 Å². The molecule has 2 atom stereocenters. The van der Waals surface area contributed by atoms with Crippen LogP contribution in [0.15, 0.2) is 0 Å². The van der Waals surface area contributed by atoms with E-state index in [9.17, 15) is 9.59 Å². The molecule has 2 amide bonds. The largest absolute Gasteiger partial charge is 0.480 e. The summed E-state index contributed by atoms with van der Waals surface area (Å²) in [6.07, 6.45) is 2.93. The summed E-state index contributed by atoms with van der Waals surface area (Å²) in [5, 5.41) is 22.4. The molecule has 0 saturated heterocycles. The summed E-state index contributed by atoms with van der Waals surface area (Å²) in [6, 6.07) is -1.54. The summed E-state index contributed by atoms with van der Waals surface area (Å²) in [4.78, 5) is 22.2. The van der Waals surface area contributed by atoms with Crippen molar-refractivity contribution in [1.82, 2.24) is 10.6 Å². The van der Waals surface area contributed by atoms with Crippen LogP contribution in [0.25, 0.3) is 0 Å². The van der Waals surface area contributed by atoms with Gasteiger partial charge in [-0.2, -0.15) is 0 Å². The van der Waals surface area contributed by atoms with Crippen LogP contribution < -0.4 is 10.6 Å². The van der Waals surface area contributed by atoms with Gasteiger partial charge in [-0.3, -0.25) is 0 Å². The van der Waals surface area contributed by atoms with E-state index in [2.05, 4.69) is 17.6 Å². The Kier molecular flexibility index (Phi) is 8.13. The quantitative estimate of drug-likeness (QED) is 0.506. The third-order valence-corrected chi connectivity index (χ3v) is 2.39. The van der Waals surface area contributed by atoms with Gasteiger partial charge in [-0.25, -0.2) is 9.59 Å². The number of aliphatic hydroxyl groups is 1. The summed E-state index contributed by atoms with van der Waals surface area (Å²) < 4.78 is 0. The van der Waals surface area contributed by atoms with Gasteiger partial charge < -0.3 is 20.8 Å². The van der Waals surface area contributed by atoms with Crippen LogP contribution >= 0.6 is 0 Å². The fourth-order valence-corrected chi connectivity index (χ4v) is 1.39. The second kappa shape index (κ2) is 8.81. The summed E-state index contributed by atoms with van der Waals surface area (Å²) >= 11 is 0. The summed E-state index contributed by atoms with van der Waals surface area (Å²) in [5.41, 5.74) is 0. The standard InChI is InChI=1S/C11H22N2O4/c1-3-4-5-8(2)12-11(17)13-9(6-7-14)10(15)16/h8-9,14H,3-7H2,1-2H3,(H,15,16)(H2,12,13,17). The van der Waals surface area contributed by atoms with Crippen LogP contribution in [0.1, 0.15) is 39.5 Å². The molecule has 4 N–H and O–H groups in total. The molecule has 0 bridgehead atoms. The highest BCUT2D eigenvalue weighted by molar-refractivity contribution is 5.82. The Bertz CT molecular complexity index is 246. The average Bonchev–Trinajstić information content (AvgIpc) is 2.25. The van der Waals surface area contributed by atoms with E-state index < -0.39 is 18.0 Å². The molecule has 2 unspecified atom stereocenters. The Labute approximate surface area is 101 Å². The van der Waals surface area contributed by atoms with Crippen LogP contribution in [0, 0.1) is 0 Å². The Morgan fingerprint density at radius 3 is 2.35 bits per heavy atom. The zero-order valence-electron chi connectivity index (χ0n) is 10.4. The van der Waals surface area contributed by atoms with Crippen LogP contribution in [-0.4, -0.2) is 40.9 Å². The zero-order valence-corrected chi connectivity index (χ0v) is 10.4. The molecule has 0 aliphatic carbocycles. The van der Waals surface area contributed by atoms with Crippen LogP contribution in [0.4, 0.5) is 4.79 Å². The van der Waals surface area contributed by atoms with Gasteiger partial charge in [0.2, 0.25) is 0 Å². The molecule has 6 heteroatoms. The molecule has 100 valence electrons. The first-order chi connectivity index (χ1) is 8.01. The Morgan fingerprint density at radius 2 is 1.88 bits per heavy atom. The van der Waals surface area contributed by atoms with Gasteiger partial charge in [0.05, 0.1) is 0 Å². The van der Waals surface area contributed by atoms with Crippen LogP contribution in [0.2, 0.25) is 0 Å². The predicted molar refractivity (Wildman–Crippen MR) is 63.8 cm³/mol. The molecule has 6 nitrogen and oxygen atoms in total. The Balaban J connectivity index is 4.00. The predicted octanol–water partition coefficient (Wildman–Crippen LogP) is 0.700. The van der Waals surface area contributed by atoms with Gasteiger partial charge in [-0.15, -0.1) is 0 Å². The maximum atomic E-state index is 11.4. The lowest BCUT2D eigenvalue weighted by Gasteiger charge is -2.17. The minimum atomic E-state index is -1.14. The van der Waals surface area contributed by atoms with Crippen molar-refractivity contribution in [1.29, 1.82) is 0 Å². The summed E-state index contributed by atoms with van der Waals surface area (Å²) in [5.74, 6) is -1.14. The van der Waals surface area contributed by atoms with Gasteiger partial charge in [0.1, 0.15) is 6.04 Å². The molecule has 0 radical (unpaired) electrons. The number of aliphatic carboxylic acids is 1. The lowest BCUT2D eigenvalue weighted by atomic mass is 10.1. The first kappa shape index (κ1) is 15.7. The van der Waals surface area contributed by atoms with Crippen LogP contribution in [0.5, 0.6) is 0 Å². The topological polar surface area (TPSA) is 98.7 Å². The summed E-state index contributed by atoms with van der Waals surface area (Å²) in [7, 11) is 0. The number of carbonyl (C=O) groups excluding carboxylic acids is 1. The third kappa shape index (κ3) is 7.57. The van der Waals surface area contributed by atoms with Gasteiger partial charge in [-0.1, -0.05) is 19.8 Å². The first-order valence-corrected chi connectivity index (χ1v) is 5.92. The van der Waals surface area contributed by atoms with E-state index in [0.29, 0.717) is 0 Å². The van der Waals surface area contributed by atoms with Crippen molar-refractivity contribution in [2.45, 2.75) is 51.6 Å². The Morgan fingerprint density at radius 1 is 1.24 bits per heavy atom. The molecule has 17 heavy (non-hydrogen) atoms. The van der Waals surface area contributed by atoms with E-state index in [1.54, 1.807) is 0 Å². The van der Waals surface area contributed by atoms with Crippen molar-refractivity contribution in [3.05, 3.63) is 0 Å². The molecule has 0 heterocycles. The SMILES string of the molecule is CCCCC(C)NC(=O)NC(CCO)C(=O)O. The third-order valence-electron chi connectivity index (χ3n) is 2.39. The lowest BCUT2D eigenvalue weighted by Crippen LogP contribution is -2.48. The fourth-order valence-electron chi connectivity index (χ4n) is 1.39. The van der Waals surface area contributed by atoms with Gasteiger partial charge in [-0.05, 0) is 13.3 Å². The molecule has 0 aromatic heterocycles. The molecule has 0 aromatic rings. The van der Waals surface area contributed by atoms with E-state index in [0.717, 1.165) is 19.3 Å². The van der Waals surface area contributed by atoms with Gasteiger partial charge in [0.25, 0.3) is 0 Å². The highest BCUT2D eigenvalue weighted by Gasteiger charge is 2.19. The minimum Gasteiger partial charge on any atom is -0.480 e. The maximum Gasteiger partial charge on any atom is 0.326 e. The van der Waals surface area contributed by atoms with E-state index >= 15 is 0 Å². The lowest BCUT2D eigenvalue weighted by molar-refractivity contribution is -0.139. The number of nitrogens with one attached hydrogen (secondary N) is 2. The molecule has 0 aliphatic heterocycles. The second-order valence-electron chi connectivity index (χ2n) is 4.06. The number of hydrogen-bond donors (Lipinski definition) is 4. The van der Waals surface area contributed by atoms with E-state index in [1.165, 1.54) is 0 Å². The smallest absolute Gasteiger partial charge is 0.326 e.